The molecule has 35 heavy (non-hydrogen) atoms. The molecule has 0 saturated heterocycles. The molecule has 0 amide bonds. The van der Waals surface area contributed by atoms with Gasteiger partial charge in [0, 0.05) is 23.1 Å². The summed E-state index contributed by atoms with van der Waals surface area (Å²) in [6, 6.07) is 14.7. The topological polar surface area (TPSA) is 106 Å². The van der Waals surface area contributed by atoms with Crippen LogP contribution in [0.4, 0.5) is 0 Å². The largest absolute Gasteiger partial charge is 0.508 e. The molecule has 0 fully saturated rings. The minimum Gasteiger partial charge on any atom is -0.508 e. The number of hydrogen-bond acceptors (Lipinski definition) is 7. The fraction of sp³-hybridized carbons (Fsp3) is 0.143. The Morgan fingerprint density at radius 1 is 1.11 bits per heavy atom. The van der Waals surface area contributed by atoms with Gasteiger partial charge >= 0.3 is 5.97 Å². The van der Waals surface area contributed by atoms with E-state index in [-0.39, 0.29) is 40.2 Å². The van der Waals surface area contributed by atoms with Crippen LogP contribution < -0.4 is 14.9 Å². The second-order valence-electron chi connectivity index (χ2n) is 8.55. The van der Waals surface area contributed by atoms with E-state index in [2.05, 4.69) is 6.58 Å². The second-order valence-corrected chi connectivity index (χ2v) is 8.55. The van der Waals surface area contributed by atoms with Gasteiger partial charge in [0.1, 0.15) is 46.8 Å². The van der Waals surface area contributed by atoms with Crippen LogP contribution in [0, 0.1) is 0 Å². The van der Waals surface area contributed by atoms with Crippen LogP contribution in [0.3, 0.4) is 0 Å². The van der Waals surface area contributed by atoms with Gasteiger partial charge in [0.25, 0.3) is 0 Å². The van der Waals surface area contributed by atoms with E-state index in [1.165, 1.54) is 24.5 Å². The van der Waals surface area contributed by atoms with Crippen LogP contribution in [0.25, 0.3) is 22.1 Å². The lowest BCUT2D eigenvalue weighted by Gasteiger charge is -2.27. The van der Waals surface area contributed by atoms with E-state index < -0.39 is 17.3 Å². The summed E-state index contributed by atoms with van der Waals surface area (Å²) in [5.41, 5.74) is 2.49. The summed E-state index contributed by atoms with van der Waals surface area (Å²) in [6.45, 7) is 6.03. The highest BCUT2D eigenvalue weighted by molar-refractivity contribution is 5.94. The number of esters is 1. The predicted molar refractivity (Wildman–Crippen MR) is 130 cm³/mol. The van der Waals surface area contributed by atoms with Gasteiger partial charge in [0.2, 0.25) is 5.43 Å². The quantitative estimate of drug-likeness (QED) is 0.233. The minimum atomic E-state index is -0.529. The molecule has 5 rings (SSSR count). The van der Waals surface area contributed by atoms with Gasteiger partial charge in [0.05, 0.1) is 12.0 Å². The van der Waals surface area contributed by atoms with Crippen LogP contribution in [0.1, 0.15) is 30.4 Å². The Hall–Kier alpha value is -4.52. The zero-order valence-corrected chi connectivity index (χ0v) is 18.9. The first-order valence-corrected chi connectivity index (χ1v) is 11.0. The first-order valence-electron chi connectivity index (χ1n) is 11.0. The van der Waals surface area contributed by atoms with Crippen LogP contribution in [-0.4, -0.2) is 22.8 Å². The molecule has 2 heterocycles. The van der Waals surface area contributed by atoms with Gasteiger partial charge in [-0.2, -0.15) is 0 Å². The van der Waals surface area contributed by atoms with Crippen LogP contribution in [0.2, 0.25) is 0 Å². The van der Waals surface area contributed by atoms with E-state index in [1.54, 1.807) is 18.2 Å². The molecule has 1 unspecified atom stereocenters. The van der Waals surface area contributed by atoms with Crippen molar-refractivity contribution in [1.82, 2.24) is 0 Å². The summed E-state index contributed by atoms with van der Waals surface area (Å²) in [6.07, 6.45) is 1.32. The smallest absolute Gasteiger partial charge is 0.312 e. The Morgan fingerprint density at radius 2 is 1.86 bits per heavy atom. The number of phenols is 2. The number of ether oxygens (including phenoxy) is 2. The van der Waals surface area contributed by atoms with Crippen molar-refractivity contribution in [2.45, 2.75) is 19.3 Å². The number of fused-ring (bicyclic) bond motifs is 3. The van der Waals surface area contributed by atoms with Crippen molar-refractivity contribution in [1.29, 1.82) is 0 Å². The fourth-order valence-electron chi connectivity index (χ4n) is 4.34. The monoisotopic (exact) mass is 470 g/mol. The molecule has 4 aromatic rings. The number of phenolic OH excluding ortho intramolecular Hbond substituents is 2. The number of hydrogen-bond donors (Lipinski definition) is 2. The van der Waals surface area contributed by atoms with Crippen LogP contribution in [-0.2, 0) is 4.79 Å². The molecule has 1 atom stereocenters. The summed E-state index contributed by atoms with van der Waals surface area (Å²) < 4.78 is 17.3. The molecule has 176 valence electrons. The van der Waals surface area contributed by atoms with Gasteiger partial charge in [-0.3, -0.25) is 9.59 Å². The van der Waals surface area contributed by atoms with E-state index in [4.69, 9.17) is 13.9 Å². The van der Waals surface area contributed by atoms with E-state index in [0.717, 1.165) is 11.1 Å². The lowest BCUT2D eigenvalue weighted by molar-refractivity contribution is -0.135. The first kappa shape index (κ1) is 22.3. The van der Waals surface area contributed by atoms with Crippen LogP contribution in [0.5, 0.6) is 23.0 Å². The average molecular weight is 470 g/mol. The van der Waals surface area contributed by atoms with Gasteiger partial charge in [-0.15, -0.1) is 0 Å². The van der Waals surface area contributed by atoms with Gasteiger partial charge in [-0.05, 0) is 36.3 Å². The number of benzene rings is 3. The molecule has 0 saturated carbocycles. The third-order valence-corrected chi connectivity index (χ3v) is 5.92. The normalized spacial score (nSPS) is 14.9. The van der Waals surface area contributed by atoms with Crippen molar-refractivity contribution in [3.8, 4) is 34.1 Å². The maximum Gasteiger partial charge on any atom is 0.312 e. The summed E-state index contributed by atoms with van der Waals surface area (Å²) >= 11 is 0. The first-order chi connectivity index (χ1) is 16.8. The van der Waals surface area contributed by atoms with Crippen molar-refractivity contribution in [2.75, 3.05) is 6.61 Å². The SMILES string of the molecule is C=C(C)COc1ccccc1C1CC(=O)Oc2cc(O)c3c(=O)c(-c4ccc(O)cc4)coc3c21. The summed E-state index contributed by atoms with van der Waals surface area (Å²) in [7, 11) is 0. The third-order valence-electron chi connectivity index (χ3n) is 5.92. The Kier molecular flexibility index (Phi) is 5.53. The number of carbonyl (C=O) groups is 1. The number of para-hydroxylation sites is 1. The molecular weight excluding hydrogens is 448 g/mol. The highest BCUT2D eigenvalue weighted by atomic mass is 16.5. The van der Waals surface area contributed by atoms with E-state index in [9.17, 15) is 19.8 Å². The molecule has 1 aliphatic rings. The van der Waals surface area contributed by atoms with Gasteiger partial charge in [-0.1, -0.05) is 36.9 Å². The molecular formula is C28H22O7. The van der Waals surface area contributed by atoms with E-state index >= 15 is 0 Å². The lowest BCUT2D eigenvalue weighted by Crippen LogP contribution is -2.22. The summed E-state index contributed by atoms with van der Waals surface area (Å²) in [5, 5.41) is 20.3. The lowest BCUT2D eigenvalue weighted by atomic mass is 9.84. The Labute approximate surface area is 200 Å². The highest BCUT2D eigenvalue weighted by Gasteiger charge is 2.35. The molecule has 7 nitrogen and oxygen atoms in total. The fourth-order valence-corrected chi connectivity index (χ4v) is 4.34. The zero-order valence-electron chi connectivity index (χ0n) is 18.9. The molecule has 7 heteroatoms. The highest BCUT2D eigenvalue weighted by Crippen LogP contribution is 2.47. The number of aromatic hydroxyl groups is 2. The van der Waals surface area contributed by atoms with Crippen molar-refractivity contribution >= 4 is 16.9 Å². The molecule has 3 aromatic carbocycles. The Bertz CT molecular complexity index is 1530. The Morgan fingerprint density at radius 3 is 2.60 bits per heavy atom. The summed E-state index contributed by atoms with van der Waals surface area (Å²) in [5.74, 6) is -0.587. The molecule has 1 aliphatic heterocycles. The van der Waals surface area contributed by atoms with Gasteiger partial charge in [-0.25, -0.2) is 0 Å². The van der Waals surface area contributed by atoms with Crippen molar-refractivity contribution in [3.05, 3.63) is 94.4 Å². The number of carbonyl (C=O) groups excluding carboxylic acids is 1. The third kappa shape index (κ3) is 4.01. The maximum atomic E-state index is 13.4. The standard InChI is InChI=1S/C28H22O7/c1-15(2)13-33-22-6-4-3-5-18(22)19-11-24(31)35-23-12-21(30)26-27(32)20(14-34-28(26)25(19)23)16-7-9-17(29)10-8-16/h3-10,12,14,19,29-30H,1,11,13H2,2H3. The van der Waals surface area contributed by atoms with Crippen molar-refractivity contribution in [2.24, 2.45) is 0 Å². The van der Waals surface area contributed by atoms with Gasteiger partial charge in [0.15, 0.2) is 0 Å². The molecule has 0 radical (unpaired) electrons. The van der Waals surface area contributed by atoms with E-state index in [0.29, 0.717) is 23.5 Å². The molecule has 0 aliphatic carbocycles. The Balaban J connectivity index is 1.73. The maximum absolute atomic E-state index is 13.4. The average Bonchev–Trinajstić information content (AvgIpc) is 2.83. The predicted octanol–water partition coefficient (Wildman–Crippen LogP) is 5.27. The van der Waals surface area contributed by atoms with Crippen molar-refractivity contribution in [3.63, 3.8) is 0 Å². The van der Waals surface area contributed by atoms with Crippen molar-refractivity contribution < 1.29 is 28.9 Å². The molecule has 2 N–H and O–H groups in total. The van der Waals surface area contributed by atoms with Crippen LogP contribution in [0.15, 0.2) is 82.2 Å². The molecule has 0 bridgehead atoms. The zero-order chi connectivity index (χ0) is 24.7. The van der Waals surface area contributed by atoms with Crippen LogP contribution >= 0.6 is 0 Å². The summed E-state index contributed by atoms with van der Waals surface area (Å²) in [4.78, 5) is 25.9. The second kappa shape index (κ2) is 8.68. The van der Waals surface area contributed by atoms with Gasteiger partial charge < -0.3 is 24.1 Å². The minimum absolute atomic E-state index is 0.00371. The van der Waals surface area contributed by atoms with E-state index in [1.807, 2.05) is 25.1 Å². The molecule has 0 spiro atoms. The molecule has 1 aromatic heterocycles. The number of rotatable bonds is 5.